The summed E-state index contributed by atoms with van der Waals surface area (Å²) >= 11 is 7.18. The summed E-state index contributed by atoms with van der Waals surface area (Å²) in [5.41, 5.74) is 8.22. The molecule has 0 saturated heterocycles. The molecule has 5 aromatic carbocycles. The Labute approximate surface area is 292 Å². The lowest BCUT2D eigenvalue weighted by Gasteiger charge is -2.15. The van der Waals surface area contributed by atoms with E-state index in [1.165, 1.54) is 49.3 Å². The van der Waals surface area contributed by atoms with E-state index >= 15 is 0 Å². The third-order valence-corrected chi connectivity index (χ3v) is 12.2. The molecule has 238 valence electrons. The van der Waals surface area contributed by atoms with Crippen molar-refractivity contribution in [2.45, 2.75) is 23.0 Å². The minimum absolute atomic E-state index is 0.391. The first-order valence-corrected chi connectivity index (χ1v) is 19.5. The van der Waals surface area contributed by atoms with Crippen molar-refractivity contribution in [2.24, 2.45) is 0 Å². The van der Waals surface area contributed by atoms with Crippen LogP contribution >= 0.6 is 39.8 Å². The first-order valence-electron chi connectivity index (χ1n) is 15.8. The van der Waals surface area contributed by atoms with Crippen molar-refractivity contribution >= 4 is 55.7 Å². The largest absolute Gasteiger partial charge is 0.382 e. The first-order chi connectivity index (χ1) is 22.7. The van der Waals surface area contributed by atoms with Gasteiger partial charge in [0.1, 0.15) is 15.9 Å². The average molecular weight is 762 g/mol. The third-order valence-electron chi connectivity index (χ3n) is 8.12. The Kier molecular flexibility index (Phi) is 14.1. The molecule has 0 spiro atoms. The van der Waals surface area contributed by atoms with Crippen LogP contribution < -0.4 is 15.9 Å². The number of hydrogen-bond donors (Lipinski definition) is 0. The molecule has 0 unspecified atom stereocenters. The Morgan fingerprint density at radius 1 is 0.522 bits per heavy atom. The molecule has 0 bridgehead atoms. The molecule has 0 N–H and O–H groups in total. The van der Waals surface area contributed by atoms with Crippen molar-refractivity contribution in [1.82, 2.24) is 0 Å². The molecule has 0 amide bonds. The van der Waals surface area contributed by atoms with Crippen molar-refractivity contribution in [3.63, 3.8) is 0 Å². The summed E-state index contributed by atoms with van der Waals surface area (Å²) in [6, 6.07) is 46.1. The van der Waals surface area contributed by atoms with Gasteiger partial charge in [0.25, 0.3) is 0 Å². The number of rotatable bonds is 14. The highest BCUT2D eigenvalue weighted by atomic mass is 79.9. The van der Waals surface area contributed by atoms with Gasteiger partial charge in [-0.05, 0) is 76.2 Å². The van der Waals surface area contributed by atoms with Crippen LogP contribution in [-0.4, -0.2) is 40.1 Å². The molecule has 0 aliphatic heterocycles. The summed E-state index contributed by atoms with van der Waals surface area (Å²) in [7, 11) is 0.802. The van der Waals surface area contributed by atoms with Gasteiger partial charge in [0.15, 0.2) is 0 Å². The number of ether oxygens (including phenoxy) is 3. The van der Waals surface area contributed by atoms with E-state index in [4.69, 9.17) is 14.2 Å². The van der Waals surface area contributed by atoms with Gasteiger partial charge >= 0.3 is 0 Å². The van der Waals surface area contributed by atoms with Crippen molar-refractivity contribution in [1.29, 1.82) is 0 Å². The van der Waals surface area contributed by atoms with Crippen molar-refractivity contribution in [2.75, 3.05) is 40.1 Å². The summed E-state index contributed by atoms with van der Waals surface area (Å²) in [6.07, 6.45) is 0.982. The van der Waals surface area contributed by atoms with Crippen molar-refractivity contribution < 1.29 is 14.2 Å². The van der Waals surface area contributed by atoms with E-state index in [2.05, 4.69) is 159 Å². The SMILES string of the molecule is COCCOCCOCCC1c2cc(CBr)ccc2-c2ccc(CBr)cc21.c1ccc([PH+](c2ccccc2)c2ccccc2)cc1. The van der Waals surface area contributed by atoms with E-state index in [-0.39, 0.29) is 0 Å². The molecule has 3 nitrogen and oxygen atoms in total. The van der Waals surface area contributed by atoms with Crippen LogP contribution in [0.25, 0.3) is 11.1 Å². The second kappa shape index (κ2) is 18.6. The van der Waals surface area contributed by atoms with E-state index in [1.807, 2.05) is 0 Å². The lowest BCUT2D eigenvalue weighted by molar-refractivity contribution is 0.0238. The zero-order chi connectivity index (χ0) is 32.0. The summed E-state index contributed by atoms with van der Waals surface area (Å²) in [4.78, 5) is 0. The van der Waals surface area contributed by atoms with Gasteiger partial charge in [-0.15, -0.1) is 0 Å². The highest BCUT2D eigenvalue weighted by Gasteiger charge is 2.29. The van der Waals surface area contributed by atoms with Crippen molar-refractivity contribution in [3.8, 4) is 11.1 Å². The number of halogens is 2. The third kappa shape index (κ3) is 9.25. The van der Waals surface area contributed by atoms with Crippen LogP contribution in [0.1, 0.15) is 34.6 Å². The molecule has 0 heterocycles. The predicted octanol–water partition coefficient (Wildman–Crippen LogP) is 8.84. The van der Waals surface area contributed by atoms with Gasteiger partial charge in [-0.3, -0.25) is 0 Å². The van der Waals surface area contributed by atoms with E-state index in [0.29, 0.717) is 32.3 Å². The second-order valence-electron chi connectivity index (χ2n) is 11.1. The Bertz CT molecular complexity index is 1470. The molecular formula is C40H42Br2O3P+. The van der Waals surface area contributed by atoms with Gasteiger partial charge in [-0.25, -0.2) is 0 Å². The maximum Gasteiger partial charge on any atom is 0.102 e. The Morgan fingerprint density at radius 2 is 0.935 bits per heavy atom. The molecule has 0 radical (unpaired) electrons. The normalized spacial score (nSPS) is 12.0. The van der Waals surface area contributed by atoms with Gasteiger partial charge in [0, 0.05) is 30.3 Å². The first kappa shape index (κ1) is 34.7. The second-order valence-corrected chi connectivity index (χ2v) is 14.7. The van der Waals surface area contributed by atoms with E-state index < -0.39 is 7.92 Å². The maximum atomic E-state index is 5.83. The summed E-state index contributed by atoms with van der Waals surface area (Å²) in [6.45, 7) is 3.21. The molecule has 0 aromatic heterocycles. The van der Waals surface area contributed by atoms with Crippen LogP contribution in [0.3, 0.4) is 0 Å². The topological polar surface area (TPSA) is 27.7 Å². The van der Waals surface area contributed by atoms with Gasteiger partial charge in [0.05, 0.1) is 34.3 Å². The predicted molar refractivity (Wildman–Crippen MR) is 204 cm³/mol. The Hall–Kier alpha value is -2.63. The van der Waals surface area contributed by atoms with E-state index in [9.17, 15) is 0 Å². The van der Waals surface area contributed by atoms with Crippen LogP contribution in [0.15, 0.2) is 127 Å². The lowest BCUT2D eigenvalue weighted by Crippen LogP contribution is -2.20. The fourth-order valence-electron chi connectivity index (χ4n) is 5.92. The Morgan fingerprint density at radius 3 is 1.35 bits per heavy atom. The number of methoxy groups -OCH3 is 1. The molecule has 1 aliphatic rings. The quantitative estimate of drug-likeness (QED) is 0.0644. The molecule has 1 aliphatic carbocycles. The zero-order valence-corrected chi connectivity index (χ0v) is 30.5. The van der Waals surface area contributed by atoms with Gasteiger partial charge in [-0.1, -0.05) is 123 Å². The average Bonchev–Trinajstić information content (AvgIpc) is 3.43. The number of fused-ring (bicyclic) bond motifs is 3. The van der Waals surface area contributed by atoms with Gasteiger partial charge in [0.2, 0.25) is 0 Å². The molecule has 0 fully saturated rings. The van der Waals surface area contributed by atoms with Gasteiger partial charge < -0.3 is 14.2 Å². The molecule has 0 saturated carbocycles. The number of benzene rings is 5. The zero-order valence-electron chi connectivity index (χ0n) is 26.3. The maximum absolute atomic E-state index is 5.83. The fraction of sp³-hybridized carbons (Fsp3) is 0.250. The monoisotopic (exact) mass is 759 g/mol. The molecular weight excluding hydrogens is 719 g/mol. The highest BCUT2D eigenvalue weighted by Crippen LogP contribution is 2.47. The molecule has 6 heteroatoms. The number of hydrogen-bond acceptors (Lipinski definition) is 3. The Balaban J connectivity index is 0.000000192. The smallest absolute Gasteiger partial charge is 0.102 e. The van der Waals surface area contributed by atoms with Crippen LogP contribution in [0.5, 0.6) is 0 Å². The van der Waals surface area contributed by atoms with E-state index in [0.717, 1.165) is 23.7 Å². The van der Waals surface area contributed by atoms with E-state index in [1.54, 1.807) is 7.11 Å². The number of alkyl halides is 2. The van der Waals surface area contributed by atoms with Gasteiger partial charge in [-0.2, -0.15) is 0 Å². The standard InChI is InChI=1S/C22H26Br2O3.C18H15P/c1-25-8-9-27-11-10-26-7-6-20-21-12-16(14-23)2-4-18(21)19-5-3-17(15-24)13-22(19)20;1-4-10-16(11-5-1)19(17-12-6-2-7-13-17)18-14-8-3-9-15-18/h2-5,12-13,20H,6-11,14-15H2,1H3;1-15H/p+1. The summed E-state index contributed by atoms with van der Waals surface area (Å²) < 4.78 is 16.3. The fourth-order valence-corrected chi connectivity index (χ4v) is 9.19. The molecule has 5 aromatic rings. The van der Waals surface area contributed by atoms with Crippen LogP contribution in [0.2, 0.25) is 0 Å². The molecule has 6 rings (SSSR count). The summed E-state index contributed by atoms with van der Waals surface area (Å²) in [5.74, 6) is 0.391. The van der Waals surface area contributed by atoms with Crippen LogP contribution in [0.4, 0.5) is 0 Å². The lowest BCUT2D eigenvalue weighted by atomic mass is 9.92. The van der Waals surface area contributed by atoms with Crippen molar-refractivity contribution in [3.05, 3.63) is 150 Å². The molecule has 46 heavy (non-hydrogen) atoms. The minimum Gasteiger partial charge on any atom is -0.382 e. The molecule has 0 atom stereocenters. The summed E-state index contributed by atoms with van der Waals surface area (Å²) in [5, 5.41) is 6.07. The van der Waals surface area contributed by atoms with Crippen LogP contribution in [0, 0.1) is 0 Å². The highest BCUT2D eigenvalue weighted by molar-refractivity contribution is 9.08. The van der Waals surface area contributed by atoms with Crippen LogP contribution in [-0.2, 0) is 24.9 Å². The minimum atomic E-state index is -0.877.